The van der Waals surface area contributed by atoms with Gasteiger partial charge in [0.15, 0.2) is 0 Å². The van der Waals surface area contributed by atoms with Crippen LogP contribution in [0.5, 0.6) is 0 Å². The number of benzene rings is 5. The molecule has 0 nitrogen and oxygen atoms in total. The lowest BCUT2D eigenvalue weighted by Crippen LogP contribution is -1.87. The molecule has 0 heteroatoms. The summed E-state index contributed by atoms with van der Waals surface area (Å²) < 4.78 is 0. The zero-order valence-corrected chi connectivity index (χ0v) is 20.6. The van der Waals surface area contributed by atoms with Crippen molar-refractivity contribution in [3.8, 4) is 33.4 Å². The Labute approximate surface area is 204 Å². The smallest absolute Gasteiger partial charge is 0.00992 e. The van der Waals surface area contributed by atoms with Crippen LogP contribution < -0.4 is 0 Å². The summed E-state index contributed by atoms with van der Waals surface area (Å²) in [5.41, 5.74) is 11.0. The molecule has 34 heavy (non-hydrogen) atoms. The summed E-state index contributed by atoms with van der Waals surface area (Å²) in [6.45, 7) is 12.2. The van der Waals surface area contributed by atoms with Gasteiger partial charge >= 0.3 is 0 Å². The summed E-state index contributed by atoms with van der Waals surface area (Å²) in [7, 11) is 0. The molecule has 0 amide bonds. The molecule has 0 aromatic heterocycles. The fourth-order valence-electron chi connectivity index (χ4n) is 4.40. The van der Waals surface area contributed by atoms with Crippen molar-refractivity contribution in [2.24, 2.45) is 0 Å². The van der Waals surface area contributed by atoms with E-state index in [0.29, 0.717) is 0 Å². The van der Waals surface area contributed by atoms with Crippen molar-refractivity contribution in [3.63, 3.8) is 0 Å². The summed E-state index contributed by atoms with van der Waals surface area (Å²) in [5.74, 6) is 0. The van der Waals surface area contributed by atoms with Crippen molar-refractivity contribution in [1.29, 1.82) is 0 Å². The van der Waals surface area contributed by atoms with E-state index in [4.69, 9.17) is 0 Å². The Morgan fingerprint density at radius 3 is 1.53 bits per heavy atom. The predicted molar refractivity (Wildman–Crippen MR) is 151 cm³/mol. The molecule has 0 bridgehead atoms. The van der Waals surface area contributed by atoms with Gasteiger partial charge < -0.3 is 0 Å². The van der Waals surface area contributed by atoms with Gasteiger partial charge in [-0.1, -0.05) is 141 Å². The highest BCUT2D eigenvalue weighted by atomic mass is 14.1. The van der Waals surface area contributed by atoms with Crippen molar-refractivity contribution in [1.82, 2.24) is 0 Å². The number of rotatable bonds is 4. The maximum absolute atomic E-state index is 4.05. The summed E-state index contributed by atoms with van der Waals surface area (Å²) in [5, 5.41) is 2.55. The van der Waals surface area contributed by atoms with E-state index in [9.17, 15) is 0 Å². The van der Waals surface area contributed by atoms with Gasteiger partial charge in [-0.3, -0.25) is 0 Å². The van der Waals surface area contributed by atoms with Crippen LogP contribution in [0.1, 0.15) is 31.9 Å². The van der Waals surface area contributed by atoms with Gasteiger partial charge in [0.25, 0.3) is 0 Å². The summed E-state index contributed by atoms with van der Waals surface area (Å²) in [6.07, 6.45) is 0. The maximum atomic E-state index is 4.05. The molecule has 0 radical (unpaired) electrons. The lowest BCUT2D eigenvalue weighted by molar-refractivity contribution is 1.47. The second-order valence-corrected chi connectivity index (χ2v) is 8.51. The van der Waals surface area contributed by atoms with E-state index < -0.39 is 0 Å². The number of fused-ring (bicyclic) bond motifs is 1. The lowest BCUT2D eigenvalue weighted by atomic mass is 9.91. The first-order chi connectivity index (χ1) is 16.6. The summed E-state index contributed by atoms with van der Waals surface area (Å²) in [6, 6.07) is 39.5. The molecule has 0 atom stereocenters. The van der Waals surface area contributed by atoms with Gasteiger partial charge in [-0.05, 0) is 63.6 Å². The van der Waals surface area contributed by atoms with Crippen LogP contribution >= 0.6 is 0 Å². The van der Waals surface area contributed by atoms with Crippen molar-refractivity contribution in [2.45, 2.75) is 27.7 Å². The molecular weight excluding hydrogens is 408 g/mol. The highest BCUT2D eigenvalue weighted by molar-refractivity contribution is 6.05. The van der Waals surface area contributed by atoms with Crippen LogP contribution in [0.3, 0.4) is 0 Å². The molecule has 0 aliphatic carbocycles. The second-order valence-electron chi connectivity index (χ2n) is 8.51. The van der Waals surface area contributed by atoms with Crippen LogP contribution in [-0.4, -0.2) is 0 Å². The minimum Gasteiger partial charge on any atom is -0.0955 e. The van der Waals surface area contributed by atoms with Crippen LogP contribution in [0.25, 0.3) is 49.7 Å². The van der Waals surface area contributed by atoms with Crippen LogP contribution in [-0.2, 0) is 0 Å². The number of allylic oxidation sites excluding steroid dienone is 1. The topological polar surface area (TPSA) is 0 Å². The number of hydrogen-bond acceptors (Lipinski definition) is 0. The molecule has 168 valence electrons. The first-order valence-corrected chi connectivity index (χ1v) is 12.1. The minimum absolute atomic E-state index is 1.09. The van der Waals surface area contributed by atoms with Crippen LogP contribution in [0.4, 0.5) is 0 Å². The Morgan fingerprint density at radius 1 is 0.529 bits per heavy atom. The van der Waals surface area contributed by atoms with Gasteiger partial charge in [0.2, 0.25) is 0 Å². The van der Waals surface area contributed by atoms with E-state index in [1.54, 1.807) is 0 Å². The third-order valence-electron chi connectivity index (χ3n) is 6.16. The largest absolute Gasteiger partial charge is 0.0955 e. The third kappa shape index (κ3) is 4.72. The molecule has 5 aromatic rings. The Bertz CT molecular complexity index is 1420. The molecule has 0 saturated carbocycles. The Balaban J connectivity index is 0.00000133. The first kappa shape index (κ1) is 23.3. The summed E-state index contributed by atoms with van der Waals surface area (Å²) in [4.78, 5) is 0. The van der Waals surface area contributed by atoms with Crippen LogP contribution in [0.15, 0.2) is 116 Å². The monoisotopic (exact) mass is 440 g/mol. The van der Waals surface area contributed by atoms with E-state index in [1.807, 2.05) is 20.8 Å². The van der Waals surface area contributed by atoms with Gasteiger partial charge in [-0.15, -0.1) is 0 Å². The number of hydrogen-bond donors (Lipinski definition) is 0. The Morgan fingerprint density at radius 2 is 1.03 bits per heavy atom. The number of aryl methyl sites for hydroxylation is 1. The maximum Gasteiger partial charge on any atom is -0.00992 e. The van der Waals surface area contributed by atoms with Gasteiger partial charge in [0, 0.05) is 0 Å². The third-order valence-corrected chi connectivity index (χ3v) is 6.16. The summed E-state index contributed by atoms with van der Waals surface area (Å²) >= 11 is 0. The van der Waals surface area contributed by atoms with Crippen LogP contribution in [0, 0.1) is 6.92 Å². The van der Waals surface area contributed by atoms with Gasteiger partial charge in [-0.2, -0.15) is 0 Å². The second kappa shape index (κ2) is 10.4. The highest BCUT2D eigenvalue weighted by Gasteiger charge is 2.10. The molecule has 0 unspecified atom stereocenters. The minimum atomic E-state index is 1.09. The van der Waals surface area contributed by atoms with E-state index in [2.05, 4.69) is 123 Å². The SMILES string of the molecule is C=C(C)c1ccc(-c2ccc(-c3ccc(-c4cccc(C)c4)cc3)c3ccccc23)cc1.CC. The predicted octanol–water partition coefficient (Wildman–Crippen LogP) is 10.2. The van der Waals surface area contributed by atoms with Crippen molar-refractivity contribution in [3.05, 3.63) is 127 Å². The molecule has 0 fully saturated rings. The standard InChI is InChI=1S/C32H26.C2H6/c1-22(2)24-11-15-26(16-12-24)29-19-20-30(32-10-5-4-9-31(29)32)27-17-13-25(14-18-27)28-8-6-7-23(3)21-28;1-2/h4-21H,1H2,2-3H3;1-2H3. The molecule has 5 aromatic carbocycles. The Kier molecular flexibility index (Phi) is 7.09. The molecule has 0 aliphatic heterocycles. The van der Waals surface area contributed by atoms with Crippen molar-refractivity contribution < 1.29 is 0 Å². The molecule has 5 rings (SSSR count). The van der Waals surface area contributed by atoms with E-state index in [0.717, 1.165) is 5.57 Å². The average Bonchev–Trinajstić information content (AvgIpc) is 2.89. The van der Waals surface area contributed by atoms with E-state index in [-0.39, 0.29) is 0 Å². The average molecular weight is 441 g/mol. The van der Waals surface area contributed by atoms with Gasteiger partial charge in [0.05, 0.1) is 0 Å². The lowest BCUT2D eigenvalue weighted by Gasteiger charge is -2.13. The van der Waals surface area contributed by atoms with Gasteiger partial charge in [0.1, 0.15) is 0 Å². The molecule has 0 spiro atoms. The van der Waals surface area contributed by atoms with E-state index >= 15 is 0 Å². The van der Waals surface area contributed by atoms with Crippen LogP contribution in [0.2, 0.25) is 0 Å². The molecular formula is C34H32. The zero-order chi connectivity index (χ0) is 24.1. The highest BCUT2D eigenvalue weighted by Crippen LogP contribution is 2.36. The van der Waals surface area contributed by atoms with E-state index in [1.165, 1.54) is 55.3 Å². The molecule has 0 aliphatic rings. The fourth-order valence-corrected chi connectivity index (χ4v) is 4.40. The molecule has 0 saturated heterocycles. The molecule has 0 heterocycles. The van der Waals surface area contributed by atoms with Gasteiger partial charge in [-0.25, -0.2) is 0 Å². The fraction of sp³-hybridized carbons (Fsp3) is 0.118. The van der Waals surface area contributed by atoms with Crippen molar-refractivity contribution >= 4 is 16.3 Å². The quantitative estimate of drug-likeness (QED) is 0.261. The normalized spacial score (nSPS) is 10.5. The molecule has 0 N–H and O–H groups in total. The Hall–Kier alpha value is -3.90. The zero-order valence-electron chi connectivity index (χ0n) is 20.6. The first-order valence-electron chi connectivity index (χ1n) is 12.1. The van der Waals surface area contributed by atoms with Crippen molar-refractivity contribution in [2.75, 3.05) is 0 Å².